The molecule has 1 saturated heterocycles. The van der Waals surface area contributed by atoms with Crippen LogP contribution in [0.2, 0.25) is 0 Å². The highest BCUT2D eigenvalue weighted by atomic mass is 16.1. The van der Waals surface area contributed by atoms with E-state index in [0.29, 0.717) is 5.92 Å². The topological polar surface area (TPSA) is 46.1 Å². The van der Waals surface area contributed by atoms with E-state index in [1.54, 1.807) is 13.3 Å². The Kier molecular flexibility index (Phi) is 3.94. The third-order valence-corrected chi connectivity index (χ3v) is 3.59. The van der Waals surface area contributed by atoms with E-state index in [-0.39, 0.29) is 11.7 Å². The molecule has 0 bridgehead atoms. The fraction of sp³-hybridized carbons (Fsp3) is 0.643. The smallest absolute Gasteiger partial charge is 0.134 e. The van der Waals surface area contributed by atoms with E-state index in [4.69, 9.17) is 0 Å². The zero-order valence-electron chi connectivity index (χ0n) is 11.4. The van der Waals surface area contributed by atoms with E-state index < -0.39 is 0 Å². The molecule has 18 heavy (non-hydrogen) atoms. The first-order valence-electron chi connectivity index (χ1n) is 6.65. The number of carbonyl (C=O) groups is 1. The molecule has 0 aliphatic carbocycles. The third-order valence-electron chi connectivity index (χ3n) is 3.59. The van der Waals surface area contributed by atoms with Crippen molar-refractivity contribution in [3.05, 3.63) is 18.1 Å². The van der Waals surface area contributed by atoms with Crippen molar-refractivity contribution in [3.63, 3.8) is 0 Å². The molecule has 1 aromatic heterocycles. The lowest BCUT2D eigenvalue weighted by Gasteiger charge is -2.32. The summed E-state index contributed by atoms with van der Waals surface area (Å²) in [4.78, 5) is 22.3. The first-order chi connectivity index (χ1) is 8.58. The van der Waals surface area contributed by atoms with Gasteiger partial charge in [0.05, 0.1) is 0 Å². The summed E-state index contributed by atoms with van der Waals surface area (Å²) in [7, 11) is 0. The van der Waals surface area contributed by atoms with E-state index in [0.717, 1.165) is 37.4 Å². The van der Waals surface area contributed by atoms with Gasteiger partial charge in [-0.3, -0.25) is 4.79 Å². The van der Waals surface area contributed by atoms with Gasteiger partial charge in [0.25, 0.3) is 0 Å². The van der Waals surface area contributed by atoms with Crippen LogP contribution in [-0.4, -0.2) is 28.8 Å². The van der Waals surface area contributed by atoms with Gasteiger partial charge in [-0.2, -0.15) is 0 Å². The Morgan fingerprint density at radius 1 is 1.44 bits per heavy atom. The highest BCUT2D eigenvalue weighted by Gasteiger charge is 2.24. The number of carbonyl (C=O) groups excluding carboxylic acids is 1. The minimum absolute atomic E-state index is 0.163. The van der Waals surface area contributed by atoms with Gasteiger partial charge in [0.15, 0.2) is 0 Å². The SMILES string of the molecule is CC(=O)C1CCCN(c2cc(C(C)C)ncn2)C1. The zero-order chi connectivity index (χ0) is 13.1. The van der Waals surface area contributed by atoms with E-state index in [1.165, 1.54) is 0 Å². The van der Waals surface area contributed by atoms with Crippen LogP contribution < -0.4 is 4.90 Å². The van der Waals surface area contributed by atoms with Gasteiger partial charge in [-0.05, 0) is 25.7 Å². The molecule has 4 heteroatoms. The molecule has 1 aliphatic heterocycles. The van der Waals surface area contributed by atoms with Crippen molar-refractivity contribution >= 4 is 11.6 Å². The number of aromatic nitrogens is 2. The summed E-state index contributed by atoms with van der Waals surface area (Å²) in [5.41, 5.74) is 1.06. The third kappa shape index (κ3) is 2.86. The first-order valence-corrected chi connectivity index (χ1v) is 6.65. The largest absolute Gasteiger partial charge is 0.356 e. The molecule has 1 atom stereocenters. The molecule has 2 rings (SSSR count). The summed E-state index contributed by atoms with van der Waals surface area (Å²) in [6.07, 6.45) is 3.70. The number of hydrogen-bond donors (Lipinski definition) is 0. The number of piperidine rings is 1. The van der Waals surface area contributed by atoms with Crippen molar-refractivity contribution in [2.75, 3.05) is 18.0 Å². The Morgan fingerprint density at radius 3 is 2.89 bits per heavy atom. The average Bonchev–Trinajstić information content (AvgIpc) is 2.39. The lowest BCUT2D eigenvalue weighted by atomic mass is 9.94. The Morgan fingerprint density at radius 2 is 2.22 bits per heavy atom. The number of nitrogens with zero attached hydrogens (tertiary/aromatic N) is 3. The van der Waals surface area contributed by atoms with Crippen LogP contribution in [0.5, 0.6) is 0 Å². The van der Waals surface area contributed by atoms with E-state index in [9.17, 15) is 4.79 Å². The lowest BCUT2D eigenvalue weighted by molar-refractivity contribution is -0.120. The van der Waals surface area contributed by atoms with Gasteiger partial charge in [-0.15, -0.1) is 0 Å². The molecule has 0 N–H and O–H groups in total. The Balaban J connectivity index is 2.15. The maximum atomic E-state index is 11.5. The van der Waals surface area contributed by atoms with Crippen molar-refractivity contribution in [1.29, 1.82) is 0 Å². The summed E-state index contributed by atoms with van der Waals surface area (Å²) < 4.78 is 0. The minimum Gasteiger partial charge on any atom is -0.356 e. The van der Waals surface area contributed by atoms with Crippen LogP contribution in [0.15, 0.2) is 12.4 Å². The van der Waals surface area contributed by atoms with E-state index >= 15 is 0 Å². The second kappa shape index (κ2) is 5.46. The fourth-order valence-corrected chi connectivity index (χ4v) is 2.37. The van der Waals surface area contributed by atoms with Gasteiger partial charge in [-0.25, -0.2) is 9.97 Å². The standard InChI is InChI=1S/C14H21N3O/c1-10(2)13-7-14(16-9-15-13)17-6-4-5-12(8-17)11(3)18/h7,9-10,12H,4-6,8H2,1-3H3. The summed E-state index contributed by atoms with van der Waals surface area (Å²) in [5.74, 6) is 1.81. The fourth-order valence-electron chi connectivity index (χ4n) is 2.37. The van der Waals surface area contributed by atoms with Crippen LogP contribution in [0, 0.1) is 5.92 Å². The molecule has 0 aromatic carbocycles. The highest BCUT2D eigenvalue weighted by Crippen LogP contribution is 2.23. The molecule has 0 saturated carbocycles. The van der Waals surface area contributed by atoms with E-state index in [2.05, 4.69) is 28.7 Å². The van der Waals surface area contributed by atoms with Crippen molar-refractivity contribution < 1.29 is 4.79 Å². The van der Waals surface area contributed by atoms with Gasteiger partial charge in [-0.1, -0.05) is 13.8 Å². The van der Waals surface area contributed by atoms with Gasteiger partial charge >= 0.3 is 0 Å². The van der Waals surface area contributed by atoms with E-state index in [1.807, 2.05) is 6.07 Å². The van der Waals surface area contributed by atoms with Crippen molar-refractivity contribution in [2.45, 2.75) is 39.5 Å². The Labute approximate surface area is 108 Å². The highest BCUT2D eigenvalue weighted by molar-refractivity contribution is 5.79. The molecule has 4 nitrogen and oxygen atoms in total. The van der Waals surface area contributed by atoms with Crippen molar-refractivity contribution in [1.82, 2.24) is 9.97 Å². The molecule has 98 valence electrons. The van der Waals surface area contributed by atoms with Gasteiger partial charge in [0.1, 0.15) is 17.9 Å². The van der Waals surface area contributed by atoms with Crippen LogP contribution in [0.1, 0.15) is 45.2 Å². The van der Waals surface area contributed by atoms with Crippen LogP contribution in [0.4, 0.5) is 5.82 Å². The predicted molar refractivity (Wildman–Crippen MR) is 71.7 cm³/mol. The van der Waals surface area contributed by atoms with Gasteiger partial charge in [0, 0.05) is 30.8 Å². The Bertz CT molecular complexity index is 431. The maximum Gasteiger partial charge on any atom is 0.134 e. The molecule has 0 spiro atoms. The molecular formula is C14H21N3O. The quantitative estimate of drug-likeness (QED) is 0.823. The number of hydrogen-bond acceptors (Lipinski definition) is 4. The number of anilines is 1. The molecule has 1 aliphatic rings. The van der Waals surface area contributed by atoms with Crippen LogP contribution in [-0.2, 0) is 4.79 Å². The molecule has 1 fully saturated rings. The number of ketones is 1. The number of rotatable bonds is 3. The maximum absolute atomic E-state index is 11.5. The molecule has 1 aromatic rings. The van der Waals surface area contributed by atoms with Gasteiger partial charge in [0.2, 0.25) is 0 Å². The Hall–Kier alpha value is -1.45. The normalized spacial score (nSPS) is 20.2. The molecular weight excluding hydrogens is 226 g/mol. The van der Waals surface area contributed by atoms with Crippen molar-refractivity contribution in [3.8, 4) is 0 Å². The second-order valence-electron chi connectivity index (χ2n) is 5.35. The summed E-state index contributed by atoms with van der Waals surface area (Å²) in [5, 5.41) is 0. The molecule has 2 heterocycles. The summed E-state index contributed by atoms with van der Waals surface area (Å²) in [6, 6.07) is 2.05. The molecule has 0 radical (unpaired) electrons. The van der Waals surface area contributed by atoms with Crippen LogP contribution >= 0.6 is 0 Å². The van der Waals surface area contributed by atoms with Crippen LogP contribution in [0.3, 0.4) is 0 Å². The summed E-state index contributed by atoms with van der Waals surface area (Å²) in [6.45, 7) is 7.72. The van der Waals surface area contributed by atoms with Gasteiger partial charge < -0.3 is 4.90 Å². The molecule has 1 unspecified atom stereocenters. The monoisotopic (exact) mass is 247 g/mol. The lowest BCUT2D eigenvalue weighted by Crippen LogP contribution is -2.38. The number of Topliss-reactive ketones (excluding diaryl/α,β-unsaturated/α-hetero) is 1. The predicted octanol–water partition coefficient (Wildman–Crippen LogP) is 2.41. The molecule has 0 amide bonds. The second-order valence-corrected chi connectivity index (χ2v) is 5.35. The first kappa shape index (κ1) is 13.0. The minimum atomic E-state index is 0.163. The average molecular weight is 247 g/mol. The zero-order valence-corrected chi connectivity index (χ0v) is 11.4. The van der Waals surface area contributed by atoms with Crippen LogP contribution in [0.25, 0.3) is 0 Å². The summed E-state index contributed by atoms with van der Waals surface area (Å²) >= 11 is 0. The van der Waals surface area contributed by atoms with Crippen molar-refractivity contribution in [2.24, 2.45) is 5.92 Å².